The number of sulfonamides is 1. The monoisotopic (exact) mass is 525 g/mol. The van der Waals surface area contributed by atoms with E-state index in [2.05, 4.69) is 4.72 Å². The van der Waals surface area contributed by atoms with Crippen LogP contribution in [0, 0.1) is 0 Å². The number of halogens is 3. The molecule has 12 heteroatoms. The Hall–Kier alpha value is -3.80. The summed E-state index contributed by atoms with van der Waals surface area (Å²) in [5, 5.41) is 10.8. The molecular formula is C24H22F3NO7S. The van der Waals surface area contributed by atoms with Crippen LogP contribution in [0.5, 0.6) is 11.5 Å². The molecule has 3 aromatic rings. The number of phenolic OH excluding ortho intramolecular Hbond substituents is 1. The van der Waals surface area contributed by atoms with Crippen molar-refractivity contribution in [2.24, 2.45) is 0 Å². The van der Waals surface area contributed by atoms with E-state index in [1.54, 1.807) is 0 Å². The number of fused-ring (bicyclic) bond motifs is 1. The molecule has 192 valence electrons. The molecule has 0 aliphatic rings. The number of ketones is 1. The summed E-state index contributed by atoms with van der Waals surface area (Å²) in [6, 6.07) is 11.8. The molecule has 36 heavy (non-hydrogen) atoms. The molecule has 3 aromatic carbocycles. The van der Waals surface area contributed by atoms with E-state index in [1.165, 1.54) is 69.5 Å². The van der Waals surface area contributed by atoms with Crippen molar-refractivity contribution in [3.05, 3.63) is 60.2 Å². The predicted molar refractivity (Wildman–Crippen MR) is 124 cm³/mol. The van der Waals surface area contributed by atoms with Crippen molar-refractivity contribution in [3.8, 4) is 11.5 Å². The first-order valence-corrected chi connectivity index (χ1v) is 12.0. The zero-order chi connectivity index (χ0) is 26.8. The molecule has 0 radical (unpaired) electrons. The van der Waals surface area contributed by atoms with E-state index in [0.29, 0.717) is 5.75 Å². The van der Waals surface area contributed by atoms with E-state index < -0.39 is 51.3 Å². The fourth-order valence-electron chi connectivity index (χ4n) is 3.48. The normalized spacial score (nSPS) is 12.9. The lowest BCUT2D eigenvalue weighted by Crippen LogP contribution is -2.35. The first kappa shape index (κ1) is 26.8. The summed E-state index contributed by atoms with van der Waals surface area (Å²) >= 11 is 0. The highest BCUT2D eigenvalue weighted by Gasteiger charge is 2.49. The number of carbonyl (C=O) groups excluding carboxylic acids is 2. The molecule has 2 N–H and O–H groups in total. The highest BCUT2D eigenvalue weighted by Crippen LogP contribution is 2.41. The number of hydrogen-bond acceptors (Lipinski definition) is 7. The third-order valence-electron chi connectivity index (χ3n) is 5.10. The molecule has 1 atom stereocenters. The third kappa shape index (κ3) is 5.54. The highest BCUT2D eigenvalue weighted by molar-refractivity contribution is 7.92. The molecule has 0 spiro atoms. The Morgan fingerprint density at radius 2 is 1.58 bits per heavy atom. The molecule has 0 saturated carbocycles. The van der Waals surface area contributed by atoms with Crippen LogP contribution in [0.25, 0.3) is 10.8 Å². The first-order valence-electron chi connectivity index (χ1n) is 10.5. The van der Waals surface area contributed by atoms with E-state index in [1.807, 2.05) is 0 Å². The third-order valence-corrected chi connectivity index (χ3v) is 6.48. The molecule has 0 saturated heterocycles. The maximum atomic E-state index is 13.4. The zero-order valence-corrected chi connectivity index (χ0v) is 20.1. The van der Waals surface area contributed by atoms with Crippen molar-refractivity contribution in [2.45, 2.75) is 36.9 Å². The molecular weight excluding hydrogens is 503 g/mol. The first-order chi connectivity index (χ1) is 16.8. The standard InChI is InChI=1S/C24H22F3NO7S/c1-13(2)35-23(31)20(22(30)24(25,26)27)18-12-19(16-6-4-5-7-17(16)21(18)29)28-36(32,33)15-10-8-14(34-3)9-11-15/h4-13,20,28-29H,1-3H3/t20-/m1/s1. The van der Waals surface area contributed by atoms with Gasteiger partial charge in [0.25, 0.3) is 15.8 Å². The quantitative estimate of drug-likeness (QED) is 0.252. The minimum Gasteiger partial charge on any atom is -0.507 e. The van der Waals surface area contributed by atoms with Gasteiger partial charge in [-0.2, -0.15) is 13.2 Å². The number of rotatable bonds is 8. The number of benzene rings is 3. The number of Topliss-reactive ketones (excluding diaryl/α,β-unsaturated/α-hetero) is 1. The van der Waals surface area contributed by atoms with Crippen LogP contribution in [0.1, 0.15) is 25.3 Å². The topological polar surface area (TPSA) is 119 Å². The number of phenols is 1. The largest absolute Gasteiger partial charge is 0.507 e. The van der Waals surface area contributed by atoms with Crippen molar-refractivity contribution in [1.82, 2.24) is 0 Å². The number of nitrogens with one attached hydrogen (secondary N) is 1. The van der Waals surface area contributed by atoms with Crippen molar-refractivity contribution in [3.63, 3.8) is 0 Å². The summed E-state index contributed by atoms with van der Waals surface area (Å²) in [7, 11) is -2.89. The van der Waals surface area contributed by atoms with Crippen LogP contribution >= 0.6 is 0 Å². The average molecular weight is 526 g/mol. The zero-order valence-electron chi connectivity index (χ0n) is 19.3. The SMILES string of the molecule is COc1ccc(S(=O)(=O)Nc2cc([C@@H](C(=O)OC(C)C)C(=O)C(F)(F)F)c(O)c3ccccc23)cc1. The summed E-state index contributed by atoms with van der Waals surface area (Å²) in [4.78, 5) is 24.7. The van der Waals surface area contributed by atoms with Crippen molar-refractivity contribution >= 4 is 38.2 Å². The van der Waals surface area contributed by atoms with Crippen LogP contribution in [-0.2, 0) is 24.3 Å². The average Bonchev–Trinajstić information content (AvgIpc) is 2.80. The molecule has 0 bridgehead atoms. The molecule has 0 unspecified atom stereocenters. The van der Waals surface area contributed by atoms with Gasteiger partial charge in [0.15, 0.2) is 5.92 Å². The summed E-state index contributed by atoms with van der Waals surface area (Å²) in [6.45, 7) is 2.75. The smallest absolute Gasteiger partial charge is 0.451 e. The fourth-order valence-corrected chi connectivity index (χ4v) is 4.55. The Labute approximate surface area is 204 Å². The maximum Gasteiger partial charge on any atom is 0.451 e. The second kappa shape index (κ2) is 10.1. The lowest BCUT2D eigenvalue weighted by atomic mass is 9.90. The van der Waals surface area contributed by atoms with Crippen LogP contribution < -0.4 is 9.46 Å². The lowest BCUT2D eigenvalue weighted by molar-refractivity contribution is -0.178. The fraction of sp³-hybridized carbons (Fsp3) is 0.250. The number of alkyl halides is 3. The van der Waals surface area contributed by atoms with Crippen LogP contribution in [0.4, 0.5) is 18.9 Å². The van der Waals surface area contributed by atoms with Gasteiger partial charge in [-0.3, -0.25) is 14.3 Å². The van der Waals surface area contributed by atoms with Gasteiger partial charge < -0.3 is 14.6 Å². The van der Waals surface area contributed by atoms with Crippen molar-refractivity contribution in [1.29, 1.82) is 0 Å². The number of hydrogen-bond donors (Lipinski definition) is 2. The predicted octanol–water partition coefficient (Wildman–Crippen LogP) is 4.52. The molecule has 0 heterocycles. The minimum absolute atomic E-state index is 0.0836. The number of aromatic hydroxyl groups is 1. The van der Waals surface area contributed by atoms with Gasteiger partial charge in [-0.05, 0) is 44.2 Å². The maximum absolute atomic E-state index is 13.4. The Morgan fingerprint density at radius 1 is 1.00 bits per heavy atom. The van der Waals surface area contributed by atoms with Crippen LogP contribution in [0.2, 0.25) is 0 Å². The summed E-state index contributed by atoms with van der Waals surface area (Å²) in [6.07, 6.45) is -6.31. The number of carbonyl (C=O) groups is 2. The van der Waals surface area contributed by atoms with E-state index in [4.69, 9.17) is 9.47 Å². The van der Waals surface area contributed by atoms with Gasteiger partial charge in [0.05, 0.1) is 23.8 Å². The van der Waals surface area contributed by atoms with Gasteiger partial charge in [-0.15, -0.1) is 0 Å². The van der Waals surface area contributed by atoms with Gasteiger partial charge >= 0.3 is 12.1 Å². The molecule has 0 aromatic heterocycles. The van der Waals surface area contributed by atoms with Crippen LogP contribution in [-0.4, -0.2) is 44.7 Å². The summed E-state index contributed by atoms with van der Waals surface area (Å²) in [5.74, 6) is -6.99. The molecule has 3 rings (SSSR count). The van der Waals surface area contributed by atoms with Crippen molar-refractivity contribution in [2.75, 3.05) is 11.8 Å². The molecule has 0 aliphatic carbocycles. The van der Waals surface area contributed by atoms with E-state index in [9.17, 15) is 36.3 Å². The van der Waals surface area contributed by atoms with Crippen LogP contribution in [0.15, 0.2) is 59.5 Å². The Kier molecular flexibility index (Phi) is 7.48. The number of esters is 1. The minimum atomic E-state index is -5.44. The molecule has 8 nitrogen and oxygen atoms in total. The van der Waals surface area contributed by atoms with E-state index >= 15 is 0 Å². The molecule has 0 amide bonds. The Balaban J connectivity index is 2.22. The highest BCUT2D eigenvalue weighted by atomic mass is 32.2. The van der Waals surface area contributed by atoms with Crippen LogP contribution in [0.3, 0.4) is 0 Å². The number of anilines is 1. The lowest BCUT2D eigenvalue weighted by Gasteiger charge is -2.21. The number of methoxy groups -OCH3 is 1. The van der Waals surface area contributed by atoms with Gasteiger partial charge in [0, 0.05) is 16.3 Å². The van der Waals surface area contributed by atoms with E-state index in [0.717, 1.165) is 6.07 Å². The van der Waals surface area contributed by atoms with E-state index in [-0.39, 0.29) is 21.4 Å². The summed E-state index contributed by atoms with van der Waals surface area (Å²) in [5.41, 5.74) is -1.01. The second-order valence-corrected chi connectivity index (χ2v) is 9.65. The van der Waals surface area contributed by atoms with Gasteiger partial charge in [0.2, 0.25) is 0 Å². The van der Waals surface area contributed by atoms with Crippen molar-refractivity contribution < 1.29 is 45.8 Å². The molecule has 0 aliphatic heterocycles. The Bertz CT molecular complexity index is 1400. The number of ether oxygens (including phenoxy) is 2. The molecule has 0 fully saturated rings. The van der Waals surface area contributed by atoms with Gasteiger partial charge in [-0.25, -0.2) is 8.42 Å². The van der Waals surface area contributed by atoms with Gasteiger partial charge in [-0.1, -0.05) is 24.3 Å². The second-order valence-electron chi connectivity index (χ2n) is 7.97. The van der Waals surface area contributed by atoms with Gasteiger partial charge in [0.1, 0.15) is 11.5 Å². The Morgan fingerprint density at radius 3 is 2.11 bits per heavy atom. The summed E-state index contributed by atoms with van der Waals surface area (Å²) < 4.78 is 78.5.